The quantitative estimate of drug-likeness (QED) is 0.675. The first kappa shape index (κ1) is 10.3. The number of hydrogen-bond acceptors (Lipinski definition) is 3. The summed E-state index contributed by atoms with van der Waals surface area (Å²) in [6.07, 6.45) is 0.657. The fourth-order valence-corrected chi connectivity index (χ4v) is 1.37. The smallest absolute Gasteiger partial charge is 0.163 e. The number of alkyl halides is 1. The Morgan fingerprint density at radius 2 is 2.31 bits per heavy atom. The maximum Gasteiger partial charge on any atom is 0.163 e. The highest BCUT2D eigenvalue weighted by Crippen LogP contribution is 2.31. The van der Waals surface area contributed by atoms with E-state index in [0.717, 1.165) is 0 Å². The van der Waals surface area contributed by atoms with Crippen molar-refractivity contribution in [3.8, 4) is 11.5 Å². The Morgan fingerprint density at radius 1 is 1.62 bits per heavy atom. The molecule has 0 aromatic heterocycles. The van der Waals surface area contributed by atoms with E-state index in [4.69, 9.17) is 16.3 Å². The minimum absolute atomic E-state index is 0.0573. The molecule has 0 bridgehead atoms. The number of rotatable bonds is 3. The third kappa shape index (κ3) is 2.35. The average Bonchev–Trinajstić information content (AvgIpc) is 2.10. The van der Waals surface area contributed by atoms with Crippen molar-refractivity contribution in [2.24, 2.45) is 0 Å². The van der Waals surface area contributed by atoms with Gasteiger partial charge in [0, 0.05) is 10.0 Å². The zero-order chi connectivity index (χ0) is 9.84. The van der Waals surface area contributed by atoms with Crippen molar-refractivity contribution >= 4 is 33.8 Å². The van der Waals surface area contributed by atoms with Gasteiger partial charge in [-0.15, -0.1) is 0 Å². The number of phenols is 1. The Labute approximate surface area is 88.4 Å². The molecule has 0 heterocycles. The second kappa shape index (κ2) is 4.48. The van der Waals surface area contributed by atoms with Crippen LogP contribution in [0.2, 0.25) is 0 Å². The Morgan fingerprint density at radius 3 is 2.85 bits per heavy atom. The van der Waals surface area contributed by atoms with Crippen LogP contribution < -0.4 is 4.74 Å². The van der Waals surface area contributed by atoms with Crippen LogP contribution in [0.4, 0.5) is 0 Å². The van der Waals surface area contributed by atoms with Crippen molar-refractivity contribution in [2.45, 2.75) is 0 Å². The van der Waals surface area contributed by atoms with Gasteiger partial charge in [0.15, 0.2) is 23.9 Å². The van der Waals surface area contributed by atoms with Crippen molar-refractivity contribution in [3.63, 3.8) is 0 Å². The normalized spacial score (nSPS) is 9.69. The molecule has 0 unspecified atom stereocenters. The van der Waals surface area contributed by atoms with Crippen LogP contribution in [0.3, 0.4) is 0 Å². The number of ether oxygens (including phenoxy) is 1. The standard InChI is InChI=1S/C8H6BrClO3/c9-6-2-7(12)8(13-4-10)1-5(6)3-11/h1-3,12H,4H2. The number of carbonyl (C=O) groups excluding carboxylic acids is 1. The van der Waals surface area contributed by atoms with E-state index in [-0.39, 0.29) is 17.6 Å². The molecule has 70 valence electrons. The van der Waals surface area contributed by atoms with Gasteiger partial charge in [-0.05, 0) is 28.1 Å². The lowest BCUT2D eigenvalue weighted by molar-refractivity contribution is 0.112. The lowest BCUT2D eigenvalue weighted by atomic mass is 10.2. The number of hydrogen-bond donors (Lipinski definition) is 1. The van der Waals surface area contributed by atoms with Crippen LogP contribution >= 0.6 is 27.5 Å². The van der Waals surface area contributed by atoms with Gasteiger partial charge in [0.05, 0.1) is 0 Å². The fraction of sp³-hybridized carbons (Fsp3) is 0.125. The number of halogens is 2. The zero-order valence-electron chi connectivity index (χ0n) is 6.46. The maximum atomic E-state index is 10.5. The molecule has 0 aliphatic rings. The largest absolute Gasteiger partial charge is 0.504 e. The summed E-state index contributed by atoms with van der Waals surface area (Å²) in [7, 11) is 0. The van der Waals surface area contributed by atoms with Gasteiger partial charge in [0.25, 0.3) is 0 Å². The Kier molecular flexibility index (Phi) is 3.57. The molecule has 0 aliphatic carbocycles. The van der Waals surface area contributed by atoms with Gasteiger partial charge in [0.2, 0.25) is 0 Å². The van der Waals surface area contributed by atoms with Gasteiger partial charge >= 0.3 is 0 Å². The first-order chi connectivity index (χ1) is 6.19. The van der Waals surface area contributed by atoms with Gasteiger partial charge in [-0.2, -0.15) is 0 Å². The molecule has 3 nitrogen and oxygen atoms in total. The lowest BCUT2D eigenvalue weighted by Gasteiger charge is -2.06. The van der Waals surface area contributed by atoms with Crippen LogP contribution in [0.5, 0.6) is 11.5 Å². The van der Waals surface area contributed by atoms with E-state index in [1.54, 1.807) is 0 Å². The molecule has 5 heteroatoms. The Balaban J connectivity index is 3.14. The van der Waals surface area contributed by atoms with Crippen LogP contribution in [0, 0.1) is 0 Å². The molecule has 0 aliphatic heterocycles. The number of aromatic hydroxyl groups is 1. The van der Waals surface area contributed by atoms with Crippen molar-refractivity contribution in [2.75, 3.05) is 6.07 Å². The maximum absolute atomic E-state index is 10.5. The summed E-state index contributed by atoms with van der Waals surface area (Å²) in [5.41, 5.74) is 0.401. The molecular formula is C8H6BrClO3. The third-order valence-electron chi connectivity index (χ3n) is 1.42. The zero-order valence-corrected chi connectivity index (χ0v) is 8.80. The van der Waals surface area contributed by atoms with E-state index in [9.17, 15) is 9.90 Å². The predicted octanol–water partition coefficient (Wildman–Crippen LogP) is 2.54. The van der Waals surface area contributed by atoms with E-state index in [1.165, 1.54) is 12.1 Å². The van der Waals surface area contributed by atoms with Gasteiger partial charge in [-0.25, -0.2) is 0 Å². The van der Waals surface area contributed by atoms with Crippen LogP contribution in [0.25, 0.3) is 0 Å². The first-order valence-electron chi connectivity index (χ1n) is 3.35. The average molecular weight is 265 g/mol. The van der Waals surface area contributed by atoms with Gasteiger partial charge < -0.3 is 9.84 Å². The minimum Gasteiger partial charge on any atom is -0.504 e. The molecule has 0 spiro atoms. The van der Waals surface area contributed by atoms with Gasteiger partial charge in [0.1, 0.15) is 0 Å². The Bertz CT molecular complexity index is 327. The summed E-state index contributed by atoms with van der Waals surface area (Å²) in [6.45, 7) is 0. The molecule has 0 saturated carbocycles. The summed E-state index contributed by atoms with van der Waals surface area (Å²) in [5, 5.41) is 9.31. The number of carbonyl (C=O) groups is 1. The Hall–Kier alpha value is -0.740. The third-order valence-corrected chi connectivity index (χ3v) is 2.21. The highest BCUT2D eigenvalue weighted by molar-refractivity contribution is 9.10. The van der Waals surface area contributed by atoms with E-state index < -0.39 is 0 Å². The van der Waals surface area contributed by atoms with Crippen molar-refractivity contribution in [1.29, 1.82) is 0 Å². The van der Waals surface area contributed by atoms with E-state index in [2.05, 4.69) is 15.9 Å². The summed E-state index contributed by atoms with van der Waals surface area (Å²) in [4.78, 5) is 10.5. The van der Waals surface area contributed by atoms with Crippen molar-refractivity contribution in [1.82, 2.24) is 0 Å². The highest BCUT2D eigenvalue weighted by atomic mass is 79.9. The number of aldehydes is 1. The summed E-state index contributed by atoms with van der Waals surface area (Å²) >= 11 is 8.42. The predicted molar refractivity (Wildman–Crippen MR) is 52.5 cm³/mol. The lowest BCUT2D eigenvalue weighted by Crippen LogP contribution is -1.92. The summed E-state index contributed by atoms with van der Waals surface area (Å²) in [6, 6.07) is 2.72. The molecule has 0 amide bonds. The van der Waals surface area contributed by atoms with Gasteiger partial charge in [-0.1, -0.05) is 11.6 Å². The molecule has 0 saturated heterocycles. The minimum atomic E-state index is -0.0759. The molecule has 1 aromatic carbocycles. The number of benzene rings is 1. The molecule has 1 N–H and O–H groups in total. The number of phenolic OH excluding ortho intramolecular Hbond substituents is 1. The molecule has 0 atom stereocenters. The van der Waals surface area contributed by atoms with E-state index >= 15 is 0 Å². The van der Waals surface area contributed by atoms with E-state index in [1.807, 2.05) is 0 Å². The summed E-state index contributed by atoms with van der Waals surface area (Å²) in [5.74, 6) is 0.137. The fourth-order valence-electron chi connectivity index (χ4n) is 0.823. The van der Waals surface area contributed by atoms with Gasteiger partial charge in [-0.3, -0.25) is 4.79 Å². The van der Waals surface area contributed by atoms with Crippen LogP contribution in [0.15, 0.2) is 16.6 Å². The summed E-state index contributed by atoms with van der Waals surface area (Å²) < 4.78 is 5.39. The second-order valence-electron chi connectivity index (χ2n) is 2.21. The second-order valence-corrected chi connectivity index (χ2v) is 3.29. The highest BCUT2D eigenvalue weighted by Gasteiger charge is 2.07. The first-order valence-corrected chi connectivity index (χ1v) is 4.68. The van der Waals surface area contributed by atoms with Crippen LogP contribution in [-0.4, -0.2) is 17.5 Å². The molecule has 0 fully saturated rings. The van der Waals surface area contributed by atoms with Crippen LogP contribution in [-0.2, 0) is 0 Å². The molecule has 0 radical (unpaired) electrons. The monoisotopic (exact) mass is 264 g/mol. The SMILES string of the molecule is O=Cc1cc(OCCl)c(O)cc1Br. The molecular weight excluding hydrogens is 259 g/mol. The molecule has 1 aromatic rings. The van der Waals surface area contributed by atoms with Crippen molar-refractivity contribution < 1.29 is 14.6 Å². The molecule has 13 heavy (non-hydrogen) atoms. The van der Waals surface area contributed by atoms with Crippen LogP contribution in [0.1, 0.15) is 10.4 Å². The van der Waals surface area contributed by atoms with E-state index in [0.29, 0.717) is 16.3 Å². The topological polar surface area (TPSA) is 46.5 Å². The van der Waals surface area contributed by atoms with Crippen molar-refractivity contribution in [3.05, 3.63) is 22.2 Å². The molecule has 1 rings (SSSR count).